The maximum absolute atomic E-state index is 12.0. The Morgan fingerprint density at radius 3 is 3.00 bits per heavy atom. The first-order valence-electron chi connectivity index (χ1n) is 6.25. The predicted octanol–water partition coefficient (Wildman–Crippen LogP) is 4.15. The highest BCUT2D eigenvalue weighted by atomic mass is 35.5. The largest absolute Gasteiger partial charge is 0.493 e. The van der Waals surface area contributed by atoms with Crippen molar-refractivity contribution in [1.82, 2.24) is 0 Å². The maximum Gasteiger partial charge on any atom is 0.173 e. The van der Waals surface area contributed by atoms with Crippen LogP contribution in [0.5, 0.6) is 5.75 Å². The molecule has 0 saturated heterocycles. The van der Waals surface area contributed by atoms with Gasteiger partial charge in [0.05, 0.1) is 15.8 Å². The van der Waals surface area contributed by atoms with Crippen LogP contribution in [0.25, 0.3) is 0 Å². The minimum atomic E-state index is 0.161. The fourth-order valence-corrected chi connectivity index (χ4v) is 3.25. The number of aryl methyl sites for hydroxylation is 1. The summed E-state index contributed by atoms with van der Waals surface area (Å²) in [4.78, 5) is 12.7. The van der Waals surface area contributed by atoms with Crippen molar-refractivity contribution < 1.29 is 9.53 Å². The quantitative estimate of drug-likeness (QED) is 0.791. The molecule has 2 nitrogen and oxygen atoms in total. The number of ketones is 1. The summed E-state index contributed by atoms with van der Waals surface area (Å²) in [5.74, 6) is 1.15. The molecule has 19 heavy (non-hydrogen) atoms. The van der Waals surface area contributed by atoms with Gasteiger partial charge in [-0.2, -0.15) is 0 Å². The van der Waals surface area contributed by atoms with Gasteiger partial charge in [0.25, 0.3) is 0 Å². The van der Waals surface area contributed by atoms with Gasteiger partial charge in [0.15, 0.2) is 5.78 Å². The summed E-state index contributed by atoms with van der Waals surface area (Å²) in [7, 11) is 0. The number of ether oxygens (including phenoxy) is 1. The van der Waals surface area contributed by atoms with Crippen LogP contribution in [0.15, 0.2) is 30.3 Å². The van der Waals surface area contributed by atoms with E-state index in [0.29, 0.717) is 10.8 Å². The average molecular weight is 293 g/mol. The lowest BCUT2D eigenvalue weighted by Crippen LogP contribution is -1.98. The molecule has 1 aliphatic heterocycles. The van der Waals surface area contributed by atoms with Gasteiger partial charge in [-0.25, -0.2) is 0 Å². The molecule has 3 rings (SSSR count). The van der Waals surface area contributed by atoms with Crippen molar-refractivity contribution in [1.29, 1.82) is 0 Å². The Bertz CT molecular complexity index is 618. The van der Waals surface area contributed by atoms with Crippen LogP contribution < -0.4 is 4.74 Å². The van der Waals surface area contributed by atoms with Gasteiger partial charge in [-0.15, -0.1) is 11.3 Å². The normalized spacial score (nSPS) is 13.1. The van der Waals surface area contributed by atoms with Crippen molar-refractivity contribution >= 4 is 28.7 Å². The van der Waals surface area contributed by atoms with E-state index in [4.69, 9.17) is 16.3 Å². The first-order valence-corrected chi connectivity index (χ1v) is 7.45. The lowest BCUT2D eigenvalue weighted by atomic mass is 10.0. The van der Waals surface area contributed by atoms with E-state index in [1.165, 1.54) is 22.5 Å². The van der Waals surface area contributed by atoms with Crippen molar-refractivity contribution in [3.8, 4) is 5.75 Å². The number of halogens is 1. The molecule has 2 aromatic rings. The number of carbonyl (C=O) groups excluding carboxylic acids is 1. The summed E-state index contributed by atoms with van der Waals surface area (Å²) >= 11 is 7.18. The number of hydrogen-bond acceptors (Lipinski definition) is 3. The van der Waals surface area contributed by atoms with Crippen LogP contribution in [0.2, 0.25) is 4.34 Å². The maximum atomic E-state index is 12.0. The van der Waals surface area contributed by atoms with Gasteiger partial charge in [0.2, 0.25) is 0 Å². The Kier molecular flexibility index (Phi) is 3.58. The molecule has 0 bridgehead atoms. The summed E-state index contributed by atoms with van der Waals surface area (Å²) in [5, 5.41) is 0. The van der Waals surface area contributed by atoms with Crippen LogP contribution in [0.3, 0.4) is 0 Å². The smallest absolute Gasteiger partial charge is 0.173 e. The van der Waals surface area contributed by atoms with Gasteiger partial charge >= 0.3 is 0 Å². The Balaban J connectivity index is 1.64. The molecule has 2 heterocycles. The van der Waals surface area contributed by atoms with Crippen molar-refractivity contribution in [3.63, 3.8) is 0 Å². The van der Waals surface area contributed by atoms with E-state index in [2.05, 4.69) is 6.07 Å². The molecule has 0 unspecified atom stereocenters. The number of benzene rings is 1. The molecular weight excluding hydrogens is 280 g/mol. The second-order valence-corrected chi connectivity index (χ2v) is 6.28. The molecule has 0 atom stereocenters. The Labute approximate surface area is 121 Å². The van der Waals surface area contributed by atoms with E-state index < -0.39 is 0 Å². The van der Waals surface area contributed by atoms with Crippen LogP contribution >= 0.6 is 22.9 Å². The molecule has 0 N–H and O–H groups in total. The Morgan fingerprint density at radius 2 is 2.21 bits per heavy atom. The van der Waals surface area contributed by atoms with Gasteiger partial charge in [-0.1, -0.05) is 23.7 Å². The van der Waals surface area contributed by atoms with Crippen LogP contribution in [-0.4, -0.2) is 12.4 Å². The van der Waals surface area contributed by atoms with E-state index in [9.17, 15) is 4.79 Å². The lowest BCUT2D eigenvalue weighted by molar-refractivity contribution is 0.0986. The van der Waals surface area contributed by atoms with E-state index in [0.717, 1.165) is 30.1 Å². The first kappa shape index (κ1) is 12.7. The minimum Gasteiger partial charge on any atom is -0.493 e. The highest BCUT2D eigenvalue weighted by Crippen LogP contribution is 2.27. The third kappa shape index (κ3) is 2.82. The monoisotopic (exact) mass is 292 g/mol. The van der Waals surface area contributed by atoms with Gasteiger partial charge in [0.1, 0.15) is 5.75 Å². The molecule has 4 heteroatoms. The van der Waals surface area contributed by atoms with Gasteiger partial charge in [-0.3, -0.25) is 4.79 Å². The van der Waals surface area contributed by atoms with Crippen LogP contribution in [0.4, 0.5) is 0 Å². The molecule has 0 radical (unpaired) electrons. The van der Waals surface area contributed by atoms with E-state index in [1.807, 2.05) is 12.1 Å². The molecule has 1 aromatic carbocycles. The molecule has 98 valence electrons. The number of thiophene rings is 1. The van der Waals surface area contributed by atoms with E-state index in [-0.39, 0.29) is 5.78 Å². The second kappa shape index (κ2) is 5.35. The van der Waals surface area contributed by atoms with E-state index in [1.54, 1.807) is 12.1 Å². The standard InChI is InChI=1S/C15H13ClO2S/c16-15-6-5-14(19-15)12(17)3-1-10-2-4-13-11(9-10)7-8-18-13/h2,4-6,9H,1,3,7-8H2. The molecular formula is C15H13ClO2S. The van der Waals surface area contributed by atoms with Gasteiger partial charge in [0, 0.05) is 12.8 Å². The molecule has 0 saturated carbocycles. The molecule has 1 aromatic heterocycles. The molecule has 0 spiro atoms. The number of carbonyl (C=O) groups is 1. The third-order valence-corrected chi connectivity index (χ3v) is 4.51. The zero-order valence-corrected chi connectivity index (χ0v) is 11.9. The minimum absolute atomic E-state index is 0.161. The topological polar surface area (TPSA) is 26.3 Å². The van der Waals surface area contributed by atoms with Crippen molar-refractivity contribution in [3.05, 3.63) is 50.7 Å². The summed E-state index contributed by atoms with van der Waals surface area (Å²) in [6.07, 6.45) is 2.26. The van der Waals surface area contributed by atoms with Crippen molar-refractivity contribution in [2.24, 2.45) is 0 Å². The zero-order chi connectivity index (χ0) is 13.2. The molecule has 0 fully saturated rings. The van der Waals surface area contributed by atoms with Crippen LogP contribution in [0, 0.1) is 0 Å². The number of fused-ring (bicyclic) bond motifs is 1. The fraction of sp³-hybridized carbons (Fsp3) is 0.267. The SMILES string of the molecule is O=C(CCc1ccc2c(c1)CCO2)c1ccc(Cl)s1. The van der Waals surface area contributed by atoms with Crippen LogP contribution in [-0.2, 0) is 12.8 Å². The summed E-state index contributed by atoms with van der Waals surface area (Å²) < 4.78 is 6.14. The number of rotatable bonds is 4. The first-order chi connectivity index (χ1) is 9.22. The summed E-state index contributed by atoms with van der Waals surface area (Å²) in [6.45, 7) is 0.769. The number of Topliss-reactive ketones (excluding diaryl/α,β-unsaturated/α-hetero) is 1. The van der Waals surface area contributed by atoms with Crippen molar-refractivity contribution in [2.75, 3.05) is 6.61 Å². The zero-order valence-electron chi connectivity index (χ0n) is 10.3. The van der Waals surface area contributed by atoms with Crippen molar-refractivity contribution in [2.45, 2.75) is 19.3 Å². The third-order valence-electron chi connectivity index (χ3n) is 3.24. The average Bonchev–Trinajstić information content (AvgIpc) is 3.03. The second-order valence-electron chi connectivity index (χ2n) is 4.57. The van der Waals surface area contributed by atoms with Gasteiger partial charge < -0.3 is 4.74 Å². The highest BCUT2D eigenvalue weighted by Gasteiger charge is 2.13. The lowest BCUT2D eigenvalue weighted by Gasteiger charge is -2.03. The summed E-state index contributed by atoms with van der Waals surface area (Å²) in [5.41, 5.74) is 2.45. The molecule has 1 aliphatic rings. The molecule has 0 amide bonds. The summed E-state index contributed by atoms with van der Waals surface area (Å²) in [6, 6.07) is 9.76. The Hall–Kier alpha value is -1.32. The fourth-order valence-electron chi connectivity index (χ4n) is 2.24. The van der Waals surface area contributed by atoms with E-state index >= 15 is 0 Å². The highest BCUT2D eigenvalue weighted by molar-refractivity contribution is 7.18. The predicted molar refractivity (Wildman–Crippen MR) is 77.6 cm³/mol. The Morgan fingerprint density at radius 1 is 1.32 bits per heavy atom. The molecule has 0 aliphatic carbocycles. The van der Waals surface area contributed by atoms with Crippen LogP contribution in [0.1, 0.15) is 27.2 Å². The van der Waals surface area contributed by atoms with Gasteiger partial charge in [-0.05, 0) is 35.7 Å². The number of hydrogen-bond donors (Lipinski definition) is 0.